The maximum atomic E-state index is 11.7. The molecular weight excluding hydrogens is 476 g/mol. The van der Waals surface area contributed by atoms with Crippen LogP contribution in [0, 0.1) is 17.0 Å². The Balaban J connectivity index is 1.44. The number of ether oxygens (including phenoxy) is 1. The fourth-order valence-electron chi connectivity index (χ4n) is 4.56. The van der Waals surface area contributed by atoms with Gasteiger partial charge in [0.05, 0.1) is 11.0 Å². The Kier molecular flexibility index (Phi) is 9.25. The molecule has 0 aliphatic rings. The lowest BCUT2D eigenvalue weighted by atomic mass is 9.86. The number of nitro groups is 1. The first-order valence-electron chi connectivity index (χ1n) is 12.9. The summed E-state index contributed by atoms with van der Waals surface area (Å²) in [5.74, 6) is 0.367. The molecule has 0 fully saturated rings. The van der Waals surface area contributed by atoms with Crippen LogP contribution in [0.2, 0.25) is 0 Å². The van der Waals surface area contributed by atoms with Crippen LogP contribution < -0.4 is 10.1 Å². The monoisotopic (exact) mass is 510 g/mol. The van der Waals surface area contributed by atoms with E-state index in [1.54, 1.807) is 12.1 Å². The van der Waals surface area contributed by atoms with Crippen LogP contribution >= 0.6 is 0 Å². The maximum Gasteiger partial charge on any atom is 0.311 e. The molecule has 196 valence electrons. The summed E-state index contributed by atoms with van der Waals surface area (Å²) in [6.45, 7) is 4.68. The largest absolute Gasteiger partial charge is 0.482 e. The lowest BCUT2D eigenvalue weighted by molar-refractivity contribution is -0.386. The average Bonchev–Trinajstić information content (AvgIpc) is 2.95. The zero-order valence-corrected chi connectivity index (χ0v) is 21.8. The van der Waals surface area contributed by atoms with E-state index < -0.39 is 11.0 Å². The van der Waals surface area contributed by atoms with Crippen molar-refractivity contribution >= 4 is 5.69 Å². The van der Waals surface area contributed by atoms with Crippen LogP contribution in [-0.2, 0) is 13.0 Å². The molecule has 3 atom stereocenters. The van der Waals surface area contributed by atoms with Gasteiger partial charge in [-0.05, 0) is 48.6 Å². The third-order valence-corrected chi connectivity index (χ3v) is 6.84. The lowest BCUT2D eigenvalue weighted by Gasteiger charge is -2.27. The Hall–Kier alpha value is -4.00. The molecule has 0 aliphatic heterocycles. The third kappa shape index (κ3) is 7.28. The van der Waals surface area contributed by atoms with E-state index in [9.17, 15) is 15.2 Å². The first-order chi connectivity index (χ1) is 18.4. The Labute approximate surface area is 224 Å². The molecule has 38 heavy (non-hydrogen) atoms. The Morgan fingerprint density at radius 2 is 1.47 bits per heavy atom. The zero-order valence-electron chi connectivity index (χ0n) is 21.8. The van der Waals surface area contributed by atoms with Gasteiger partial charge in [0.25, 0.3) is 0 Å². The van der Waals surface area contributed by atoms with Gasteiger partial charge >= 0.3 is 5.69 Å². The van der Waals surface area contributed by atoms with E-state index in [1.165, 1.54) is 22.8 Å². The van der Waals surface area contributed by atoms with Gasteiger partial charge in [0.1, 0.15) is 6.61 Å². The number of aliphatic hydroxyl groups excluding tert-OH is 1. The molecule has 0 saturated heterocycles. The number of rotatable bonds is 12. The lowest BCUT2D eigenvalue weighted by Crippen LogP contribution is -2.36. The van der Waals surface area contributed by atoms with E-state index >= 15 is 0 Å². The van der Waals surface area contributed by atoms with Crippen molar-refractivity contribution in [2.75, 3.05) is 6.54 Å². The summed E-state index contributed by atoms with van der Waals surface area (Å²) in [7, 11) is 0. The quantitative estimate of drug-likeness (QED) is 0.167. The fraction of sp³-hybridized carbons (Fsp3) is 0.250. The summed E-state index contributed by atoms with van der Waals surface area (Å²) in [6.07, 6.45) is -0.0534. The molecule has 4 aromatic carbocycles. The number of nitro benzene ring substituents is 1. The van der Waals surface area contributed by atoms with Crippen molar-refractivity contribution in [3.05, 3.63) is 141 Å². The van der Waals surface area contributed by atoms with Gasteiger partial charge < -0.3 is 15.2 Å². The number of nitrogens with zero attached hydrogens (tertiary/aromatic N) is 1. The summed E-state index contributed by atoms with van der Waals surface area (Å²) in [4.78, 5) is 11.3. The minimum absolute atomic E-state index is 0.0519. The topological polar surface area (TPSA) is 84.6 Å². The van der Waals surface area contributed by atoms with Crippen molar-refractivity contribution in [2.24, 2.45) is 0 Å². The molecule has 4 aromatic rings. The van der Waals surface area contributed by atoms with Crippen molar-refractivity contribution in [1.82, 2.24) is 5.32 Å². The Bertz CT molecular complexity index is 1310. The van der Waals surface area contributed by atoms with E-state index in [0.717, 1.165) is 12.0 Å². The summed E-state index contributed by atoms with van der Waals surface area (Å²) in [5, 5.41) is 26.1. The SMILES string of the molecule is Cc1ccc(C(Cc2ccccc2)C(C)NCC(O)c2ccc(OCc3ccccc3)c([N+](=O)[O-])c2)cc1. The highest BCUT2D eigenvalue weighted by Gasteiger charge is 2.23. The number of nitrogens with one attached hydrogen (secondary N) is 1. The highest BCUT2D eigenvalue weighted by molar-refractivity contribution is 5.49. The van der Waals surface area contributed by atoms with Crippen molar-refractivity contribution in [3.63, 3.8) is 0 Å². The molecule has 6 nitrogen and oxygen atoms in total. The van der Waals surface area contributed by atoms with E-state index in [-0.39, 0.29) is 36.5 Å². The van der Waals surface area contributed by atoms with Crippen LogP contribution in [0.15, 0.2) is 103 Å². The maximum absolute atomic E-state index is 11.7. The molecule has 0 heterocycles. The minimum Gasteiger partial charge on any atom is -0.482 e. The van der Waals surface area contributed by atoms with E-state index in [1.807, 2.05) is 48.5 Å². The summed E-state index contributed by atoms with van der Waals surface area (Å²) in [5.41, 5.74) is 4.91. The molecular formula is C32H34N2O4. The van der Waals surface area contributed by atoms with Crippen LogP contribution in [0.1, 0.15) is 46.8 Å². The van der Waals surface area contributed by atoms with E-state index in [2.05, 4.69) is 55.6 Å². The second-order valence-corrected chi connectivity index (χ2v) is 9.68. The number of hydrogen-bond acceptors (Lipinski definition) is 5. The van der Waals surface area contributed by atoms with Gasteiger partial charge in [-0.2, -0.15) is 0 Å². The van der Waals surface area contributed by atoms with Gasteiger partial charge in [-0.3, -0.25) is 10.1 Å². The number of aryl methyl sites for hydroxylation is 1. The first kappa shape index (κ1) is 27.0. The second kappa shape index (κ2) is 13.0. The van der Waals surface area contributed by atoms with E-state index in [4.69, 9.17) is 4.74 Å². The van der Waals surface area contributed by atoms with Gasteiger partial charge in [-0.1, -0.05) is 96.6 Å². The molecule has 6 heteroatoms. The summed E-state index contributed by atoms with van der Waals surface area (Å²) in [6, 6.07) is 33.1. The van der Waals surface area contributed by atoms with Crippen molar-refractivity contribution in [2.45, 2.75) is 44.9 Å². The zero-order chi connectivity index (χ0) is 26.9. The van der Waals surface area contributed by atoms with Gasteiger partial charge in [-0.25, -0.2) is 0 Å². The van der Waals surface area contributed by atoms with Crippen LogP contribution in [0.25, 0.3) is 0 Å². The molecule has 0 spiro atoms. The first-order valence-corrected chi connectivity index (χ1v) is 12.9. The van der Waals surface area contributed by atoms with Gasteiger partial charge in [0.2, 0.25) is 0 Å². The second-order valence-electron chi connectivity index (χ2n) is 9.68. The Morgan fingerprint density at radius 3 is 2.11 bits per heavy atom. The van der Waals surface area contributed by atoms with Crippen LogP contribution in [-0.4, -0.2) is 22.6 Å². The van der Waals surface area contributed by atoms with Crippen molar-refractivity contribution in [3.8, 4) is 5.75 Å². The molecule has 0 aliphatic carbocycles. The third-order valence-electron chi connectivity index (χ3n) is 6.84. The predicted molar refractivity (Wildman–Crippen MR) is 150 cm³/mol. The van der Waals surface area contributed by atoms with Crippen LogP contribution in [0.3, 0.4) is 0 Å². The Morgan fingerprint density at radius 1 is 0.868 bits per heavy atom. The standard InChI is InChI=1S/C32H34N2O4/c1-23-13-15-27(16-14-23)29(19-25-9-5-3-6-10-25)24(2)33-21-31(35)28-17-18-32(30(20-28)34(36)37)38-22-26-11-7-4-8-12-26/h3-18,20,24,29,31,33,35H,19,21-22H2,1-2H3. The van der Waals surface area contributed by atoms with Crippen LogP contribution in [0.4, 0.5) is 5.69 Å². The molecule has 4 rings (SSSR count). The highest BCUT2D eigenvalue weighted by atomic mass is 16.6. The minimum atomic E-state index is -0.908. The summed E-state index contributed by atoms with van der Waals surface area (Å²) >= 11 is 0. The molecule has 2 N–H and O–H groups in total. The molecule has 0 amide bonds. The number of benzene rings is 4. The van der Waals surface area contributed by atoms with Gasteiger partial charge in [0.15, 0.2) is 5.75 Å². The number of aliphatic hydroxyl groups is 1. The molecule has 0 saturated carbocycles. The van der Waals surface area contributed by atoms with Gasteiger partial charge in [0, 0.05) is 24.6 Å². The highest BCUT2D eigenvalue weighted by Crippen LogP contribution is 2.31. The summed E-state index contributed by atoms with van der Waals surface area (Å²) < 4.78 is 5.72. The van der Waals surface area contributed by atoms with Gasteiger partial charge in [-0.15, -0.1) is 0 Å². The molecule has 0 aromatic heterocycles. The average molecular weight is 511 g/mol. The molecule has 3 unspecified atom stereocenters. The number of hydrogen-bond donors (Lipinski definition) is 2. The van der Waals surface area contributed by atoms with E-state index in [0.29, 0.717) is 5.56 Å². The predicted octanol–water partition coefficient (Wildman–Crippen LogP) is 6.52. The normalized spacial score (nSPS) is 13.4. The fourth-order valence-corrected chi connectivity index (χ4v) is 4.56. The van der Waals surface area contributed by atoms with Crippen molar-refractivity contribution < 1.29 is 14.8 Å². The van der Waals surface area contributed by atoms with Crippen LogP contribution in [0.5, 0.6) is 5.75 Å². The molecule has 0 bridgehead atoms. The molecule has 0 radical (unpaired) electrons. The van der Waals surface area contributed by atoms with Crippen molar-refractivity contribution in [1.29, 1.82) is 0 Å². The smallest absolute Gasteiger partial charge is 0.311 e.